The lowest BCUT2D eigenvalue weighted by Gasteiger charge is -2.45. The van der Waals surface area contributed by atoms with Crippen LogP contribution in [-0.4, -0.2) is 47.7 Å². The number of aliphatic carboxylic acids is 1. The van der Waals surface area contributed by atoms with Gasteiger partial charge in [-0.05, 0) is 44.4 Å². The minimum absolute atomic E-state index is 0.0830. The smallest absolute Gasteiger partial charge is 0.309 e. The first-order valence-electron chi connectivity index (χ1n) is 8.71. The largest absolute Gasteiger partial charge is 0.481 e. The SMILES string of the molecule is CCC1(C(=O)N2CCC([C@@H]3OCCC3C(=O)O)CC2)CCC1. The van der Waals surface area contributed by atoms with Gasteiger partial charge in [-0.3, -0.25) is 9.59 Å². The number of carboxylic acids is 1. The maximum Gasteiger partial charge on any atom is 0.309 e. The fourth-order valence-corrected chi connectivity index (χ4v) is 4.43. The Kier molecular flexibility index (Phi) is 4.44. The molecule has 1 saturated carbocycles. The number of carboxylic acid groups (broad SMARTS) is 1. The molecule has 2 atom stereocenters. The molecular formula is C17H27NO4. The third-order valence-corrected chi connectivity index (χ3v) is 6.19. The predicted molar refractivity (Wildman–Crippen MR) is 81.4 cm³/mol. The van der Waals surface area contributed by atoms with Crippen LogP contribution in [0.25, 0.3) is 0 Å². The Bertz CT molecular complexity index is 432. The number of piperidine rings is 1. The van der Waals surface area contributed by atoms with Crippen molar-refractivity contribution in [1.82, 2.24) is 4.90 Å². The molecule has 0 bridgehead atoms. The van der Waals surface area contributed by atoms with Gasteiger partial charge in [0.15, 0.2) is 0 Å². The van der Waals surface area contributed by atoms with Crippen LogP contribution in [0.1, 0.15) is 51.9 Å². The van der Waals surface area contributed by atoms with Crippen molar-refractivity contribution in [2.24, 2.45) is 17.3 Å². The highest BCUT2D eigenvalue weighted by molar-refractivity contribution is 5.83. The second kappa shape index (κ2) is 6.19. The van der Waals surface area contributed by atoms with Crippen LogP contribution in [0.3, 0.4) is 0 Å². The summed E-state index contributed by atoms with van der Waals surface area (Å²) in [5.74, 6) is -0.477. The first kappa shape index (κ1) is 15.8. The molecule has 0 spiro atoms. The number of rotatable bonds is 4. The standard InChI is InChI=1S/C17H27NO4/c1-2-17(7-3-8-17)16(21)18-9-4-12(5-10-18)14-13(15(19)20)6-11-22-14/h12-14H,2-11H2,1H3,(H,19,20)/t13?,14-/m0/s1. The number of likely N-dealkylation sites (tertiary alicyclic amines) is 1. The van der Waals surface area contributed by atoms with Crippen LogP contribution in [0.15, 0.2) is 0 Å². The number of hydrogen-bond acceptors (Lipinski definition) is 3. The van der Waals surface area contributed by atoms with Gasteiger partial charge >= 0.3 is 5.97 Å². The fraction of sp³-hybridized carbons (Fsp3) is 0.882. The van der Waals surface area contributed by atoms with E-state index in [0.717, 1.165) is 45.2 Å². The molecule has 1 N–H and O–H groups in total. The number of amides is 1. The van der Waals surface area contributed by atoms with Gasteiger partial charge in [0, 0.05) is 25.1 Å². The molecule has 0 radical (unpaired) electrons. The lowest BCUT2D eigenvalue weighted by Crippen LogP contribution is -2.51. The molecule has 5 heteroatoms. The van der Waals surface area contributed by atoms with Gasteiger partial charge in [0.2, 0.25) is 5.91 Å². The van der Waals surface area contributed by atoms with Gasteiger partial charge < -0.3 is 14.7 Å². The molecule has 2 saturated heterocycles. The third kappa shape index (κ3) is 2.64. The van der Waals surface area contributed by atoms with E-state index in [-0.39, 0.29) is 23.4 Å². The molecule has 2 heterocycles. The lowest BCUT2D eigenvalue weighted by molar-refractivity contribution is -0.151. The summed E-state index contributed by atoms with van der Waals surface area (Å²) in [5.41, 5.74) is -0.0830. The molecule has 1 amide bonds. The first-order valence-corrected chi connectivity index (χ1v) is 8.71. The number of ether oxygens (including phenoxy) is 1. The number of nitrogens with zero attached hydrogens (tertiary/aromatic N) is 1. The zero-order valence-electron chi connectivity index (χ0n) is 13.4. The molecule has 3 rings (SSSR count). The summed E-state index contributed by atoms with van der Waals surface area (Å²) < 4.78 is 5.70. The zero-order valence-corrected chi connectivity index (χ0v) is 13.4. The van der Waals surface area contributed by atoms with E-state index in [4.69, 9.17) is 4.74 Å². The Balaban J connectivity index is 1.56. The monoisotopic (exact) mass is 309 g/mol. The molecule has 0 aromatic carbocycles. The van der Waals surface area contributed by atoms with Gasteiger partial charge in [0.1, 0.15) is 0 Å². The van der Waals surface area contributed by atoms with E-state index >= 15 is 0 Å². The zero-order chi connectivity index (χ0) is 15.7. The Morgan fingerprint density at radius 1 is 1.23 bits per heavy atom. The quantitative estimate of drug-likeness (QED) is 0.865. The van der Waals surface area contributed by atoms with Crippen LogP contribution < -0.4 is 0 Å². The van der Waals surface area contributed by atoms with E-state index in [9.17, 15) is 14.7 Å². The number of carbonyl (C=O) groups excluding carboxylic acids is 1. The van der Waals surface area contributed by atoms with Crippen LogP contribution >= 0.6 is 0 Å². The van der Waals surface area contributed by atoms with Crippen LogP contribution in [0.2, 0.25) is 0 Å². The molecular weight excluding hydrogens is 282 g/mol. The van der Waals surface area contributed by atoms with Gasteiger partial charge in [-0.25, -0.2) is 0 Å². The average molecular weight is 309 g/mol. The van der Waals surface area contributed by atoms with Crippen molar-refractivity contribution in [2.75, 3.05) is 19.7 Å². The number of carbonyl (C=O) groups is 2. The summed E-state index contributed by atoms with van der Waals surface area (Å²) >= 11 is 0. The highest BCUT2D eigenvalue weighted by Gasteiger charge is 2.46. The van der Waals surface area contributed by atoms with E-state index in [2.05, 4.69) is 6.92 Å². The van der Waals surface area contributed by atoms with Crippen LogP contribution in [0.4, 0.5) is 0 Å². The maximum absolute atomic E-state index is 12.7. The van der Waals surface area contributed by atoms with E-state index in [1.807, 2.05) is 4.90 Å². The molecule has 3 aliphatic rings. The Labute approximate surface area is 132 Å². The minimum atomic E-state index is -0.736. The van der Waals surface area contributed by atoms with E-state index in [1.54, 1.807) is 0 Å². The summed E-state index contributed by atoms with van der Waals surface area (Å²) in [4.78, 5) is 26.1. The molecule has 124 valence electrons. The number of hydrogen-bond donors (Lipinski definition) is 1. The van der Waals surface area contributed by atoms with Crippen molar-refractivity contribution in [3.05, 3.63) is 0 Å². The van der Waals surface area contributed by atoms with Crippen molar-refractivity contribution >= 4 is 11.9 Å². The summed E-state index contributed by atoms with van der Waals surface area (Å²) in [7, 11) is 0. The van der Waals surface area contributed by atoms with Crippen molar-refractivity contribution in [2.45, 2.75) is 58.0 Å². The molecule has 0 aromatic heterocycles. The van der Waals surface area contributed by atoms with Crippen molar-refractivity contribution < 1.29 is 19.4 Å². The van der Waals surface area contributed by atoms with Crippen molar-refractivity contribution in [1.29, 1.82) is 0 Å². The first-order chi connectivity index (χ1) is 10.6. The molecule has 22 heavy (non-hydrogen) atoms. The lowest BCUT2D eigenvalue weighted by atomic mass is 9.66. The van der Waals surface area contributed by atoms with Crippen molar-refractivity contribution in [3.8, 4) is 0 Å². The van der Waals surface area contributed by atoms with Gasteiger partial charge in [-0.15, -0.1) is 0 Å². The Hall–Kier alpha value is -1.10. The van der Waals surface area contributed by atoms with E-state index in [0.29, 0.717) is 18.9 Å². The highest BCUT2D eigenvalue weighted by atomic mass is 16.5. The van der Waals surface area contributed by atoms with E-state index < -0.39 is 5.97 Å². The fourth-order valence-electron chi connectivity index (χ4n) is 4.43. The second-order valence-electron chi connectivity index (χ2n) is 7.19. The van der Waals surface area contributed by atoms with Gasteiger partial charge in [-0.1, -0.05) is 13.3 Å². The second-order valence-corrected chi connectivity index (χ2v) is 7.19. The van der Waals surface area contributed by atoms with Crippen molar-refractivity contribution in [3.63, 3.8) is 0 Å². The average Bonchev–Trinajstić information content (AvgIpc) is 2.96. The van der Waals surface area contributed by atoms with Crippen LogP contribution in [-0.2, 0) is 14.3 Å². The molecule has 0 aromatic rings. The topological polar surface area (TPSA) is 66.8 Å². The van der Waals surface area contributed by atoms with Gasteiger partial charge in [0.25, 0.3) is 0 Å². The minimum Gasteiger partial charge on any atom is -0.481 e. The molecule has 5 nitrogen and oxygen atoms in total. The maximum atomic E-state index is 12.7. The van der Waals surface area contributed by atoms with Gasteiger partial charge in [0.05, 0.1) is 12.0 Å². The highest BCUT2D eigenvalue weighted by Crippen LogP contribution is 2.46. The summed E-state index contributed by atoms with van der Waals surface area (Å²) in [6, 6.07) is 0. The summed E-state index contributed by atoms with van der Waals surface area (Å²) in [6.07, 6.45) is 6.41. The van der Waals surface area contributed by atoms with E-state index in [1.165, 1.54) is 6.42 Å². The Morgan fingerprint density at radius 3 is 2.41 bits per heavy atom. The molecule has 1 unspecified atom stereocenters. The molecule has 1 aliphatic carbocycles. The summed E-state index contributed by atoms with van der Waals surface area (Å²) in [6.45, 7) is 4.20. The summed E-state index contributed by atoms with van der Waals surface area (Å²) in [5, 5.41) is 9.29. The molecule has 2 aliphatic heterocycles. The normalized spacial score (nSPS) is 31.8. The third-order valence-electron chi connectivity index (χ3n) is 6.19. The Morgan fingerprint density at radius 2 is 1.91 bits per heavy atom. The predicted octanol–water partition coefficient (Wildman–Crippen LogP) is 2.29. The van der Waals surface area contributed by atoms with Crippen LogP contribution in [0, 0.1) is 17.3 Å². The van der Waals surface area contributed by atoms with Gasteiger partial charge in [-0.2, -0.15) is 0 Å². The van der Waals surface area contributed by atoms with Crippen LogP contribution in [0.5, 0.6) is 0 Å². The molecule has 3 fully saturated rings.